The van der Waals surface area contributed by atoms with Crippen LogP contribution in [0.15, 0.2) is 36.2 Å². The van der Waals surface area contributed by atoms with Gasteiger partial charge < -0.3 is 14.8 Å². The Bertz CT molecular complexity index is 592. The standard InChI is InChI=1S/C16H19F4NO3/c1-15(2,3)24-14(22)21-10-12(17)7-8-23-13-6-4-5-11(9-13)16(18,19)20/h4-7,9H,8,10H2,1-3H3,(H,21,22)/b12-7+. The topological polar surface area (TPSA) is 47.6 Å². The smallest absolute Gasteiger partial charge is 0.416 e. The van der Waals surface area contributed by atoms with Gasteiger partial charge in [0.25, 0.3) is 0 Å². The highest BCUT2D eigenvalue weighted by molar-refractivity contribution is 5.67. The number of carbonyl (C=O) groups is 1. The van der Waals surface area contributed by atoms with Crippen LogP contribution in [0, 0.1) is 0 Å². The fourth-order valence-corrected chi connectivity index (χ4v) is 1.53. The van der Waals surface area contributed by atoms with Crippen molar-refractivity contribution in [3.05, 3.63) is 41.7 Å². The number of ether oxygens (including phenoxy) is 2. The molecule has 1 rings (SSSR count). The van der Waals surface area contributed by atoms with E-state index in [0.29, 0.717) is 0 Å². The molecule has 0 saturated heterocycles. The van der Waals surface area contributed by atoms with Crippen LogP contribution >= 0.6 is 0 Å². The third-order valence-corrected chi connectivity index (χ3v) is 2.52. The second-order valence-corrected chi connectivity index (χ2v) is 5.84. The van der Waals surface area contributed by atoms with Crippen LogP contribution in [0.2, 0.25) is 0 Å². The molecule has 0 aliphatic rings. The monoisotopic (exact) mass is 349 g/mol. The fraction of sp³-hybridized carbons (Fsp3) is 0.438. The molecule has 0 radical (unpaired) electrons. The number of benzene rings is 1. The van der Waals surface area contributed by atoms with E-state index in [0.717, 1.165) is 18.2 Å². The van der Waals surface area contributed by atoms with E-state index in [1.165, 1.54) is 12.1 Å². The molecule has 1 aromatic carbocycles. The Hall–Kier alpha value is -2.25. The average Bonchev–Trinajstić information content (AvgIpc) is 2.43. The van der Waals surface area contributed by atoms with Gasteiger partial charge >= 0.3 is 12.3 Å². The molecule has 24 heavy (non-hydrogen) atoms. The van der Waals surface area contributed by atoms with Gasteiger partial charge in [0.05, 0.1) is 12.1 Å². The summed E-state index contributed by atoms with van der Waals surface area (Å²) in [5.41, 5.74) is -1.55. The Morgan fingerprint density at radius 1 is 1.25 bits per heavy atom. The van der Waals surface area contributed by atoms with Gasteiger partial charge in [-0.25, -0.2) is 9.18 Å². The molecule has 0 saturated carbocycles. The molecule has 134 valence electrons. The van der Waals surface area contributed by atoms with E-state index >= 15 is 0 Å². The molecular weight excluding hydrogens is 330 g/mol. The first-order valence-corrected chi connectivity index (χ1v) is 7.09. The second kappa shape index (κ2) is 8.03. The van der Waals surface area contributed by atoms with E-state index in [4.69, 9.17) is 9.47 Å². The first-order valence-electron chi connectivity index (χ1n) is 7.09. The summed E-state index contributed by atoms with van der Waals surface area (Å²) in [6.07, 6.45) is -4.24. The van der Waals surface area contributed by atoms with Crippen LogP contribution in [0.5, 0.6) is 5.75 Å². The maximum absolute atomic E-state index is 13.5. The van der Waals surface area contributed by atoms with Crippen molar-refractivity contribution in [3.8, 4) is 5.75 Å². The second-order valence-electron chi connectivity index (χ2n) is 5.84. The number of nitrogens with one attached hydrogen (secondary N) is 1. The summed E-state index contributed by atoms with van der Waals surface area (Å²) >= 11 is 0. The number of carbonyl (C=O) groups excluding carboxylic acids is 1. The normalized spacial score (nSPS) is 12.7. The van der Waals surface area contributed by atoms with E-state index in [1.807, 2.05) is 0 Å². The van der Waals surface area contributed by atoms with Crippen LogP contribution < -0.4 is 10.1 Å². The molecule has 0 atom stereocenters. The van der Waals surface area contributed by atoms with E-state index in [9.17, 15) is 22.4 Å². The van der Waals surface area contributed by atoms with Crippen molar-refractivity contribution < 1.29 is 31.8 Å². The maximum Gasteiger partial charge on any atom is 0.416 e. The van der Waals surface area contributed by atoms with Crippen molar-refractivity contribution in [1.82, 2.24) is 5.32 Å². The lowest BCUT2D eigenvalue weighted by atomic mass is 10.2. The van der Waals surface area contributed by atoms with E-state index in [-0.39, 0.29) is 12.4 Å². The minimum atomic E-state index is -4.47. The van der Waals surface area contributed by atoms with Gasteiger partial charge in [-0.1, -0.05) is 6.07 Å². The number of rotatable bonds is 5. The van der Waals surface area contributed by atoms with Crippen molar-refractivity contribution in [2.75, 3.05) is 13.2 Å². The Kier molecular flexibility index (Phi) is 6.62. The molecule has 0 heterocycles. The highest BCUT2D eigenvalue weighted by Gasteiger charge is 2.30. The number of hydrogen-bond acceptors (Lipinski definition) is 3. The summed E-state index contributed by atoms with van der Waals surface area (Å²) in [6.45, 7) is 4.33. The first-order chi connectivity index (χ1) is 11.0. The van der Waals surface area contributed by atoms with Gasteiger partial charge in [-0.05, 0) is 45.0 Å². The summed E-state index contributed by atoms with van der Waals surface area (Å²) in [4.78, 5) is 11.3. The van der Waals surface area contributed by atoms with Crippen LogP contribution in [-0.4, -0.2) is 24.8 Å². The molecule has 1 aromatic rings. The highest BCUT2D eigenvalue weighted by Crippen LogP contribution is 2.31. The van der Waals surface area contributed by atoms with Crippen molar-refractivity contribution in [1.29, 1.82) is 0 Å². The van der Waals surface area contributed by atoms with Crippen molar-refractivity contribution in [2.24, 2.45) is 0 Å². The molecule has 0 fully saturated rings. The molecule has 4 nitrogen and oxygen atoms in total. The Balaban J connectivity index is 2.45. The van der Waals surface area contributed by atoms with Crippen LogP contribution in [0.4, 0.5) is 22.4 Å². The summed E-state index contributed by atoms with van der Waals surface area (Å²) < 4.78 is 61.1. The lowest BCUT2D eigenvalue weighted by molar-refractivity contribution is -0.137. The van der Waals surface area contributed by atoms with Gasteiger partial charge in [0, 0.05) is 0 Å². The number of halogens is 4. The van der Waals surface area contributed by atoms with Gasteiger partial charge in [-0.15, -0.1) is 0 Å². The predicted octanol–water partition coefficient (Wildman–Crippen LogP) is 4.46. The molecule has 0 aliphatic carbocycles. The van der Waals surface area contributed by atoms with Gasteiger partial charge in [0.2, 0.25) is 0 Å². The first kappa shape index (κ1) is 19.8. The third-order valence-electron chi connectivity index (χ3n) is 2.52. The zero-order valence-electron chi connectivity index (χ0n) is 13.5. The number of hydrogen-bond donors (Lipinski definition) is 1. The number of amides is 1. The van der Waals surface area contributed by atoms with E-state index in [2.05, 4.69) is 5.32 Å². The Morgan fingerprint density at radius 2 is 1.92 bits per heavy atom. The number of alkyl carbamates (subject to hydrolysis) is 1. The maximum atomic E-state index is 13.5. The molecule has 0 aliphatic heterocycles. The minimum Gasteiger partial charge on any atom is -0.489 e. The predicted molar refractivity (Wildman–Crippen MR) is 80.4 cm³/mol. The summed E-state index contributed by atoms with van der Waals surface area (Å²) in [5, 5.41) is 2.21. The van der Waals surface area contributed by atoms with Gasteiger partial charge in [0.1, 0.15) is 23.8 Å². The average molecular weight is 349 g/mol. The van der Waals surface area contributed by atoms with Gasteiger partial charge in [0.15, 0.2) is 0 Å². The molecular formula is C16H19F4NO3. The molecule has 1 N–H and O–H groups in total. The Labute approximate surface area is 137 Å². The number of alkyl halides is 3. The summed E-state index contributed by atoms with van der Waals surface area (Å²) in [6, 6.07) is 4.26. The highest BCUT2D eigenvalue weighted by atomic mass is 19.4. The lowest BCUT2D eigenvalue weighted by Gasteiger charge is -2.19. The molecule has 0 bridgehead atoms. The lowest BCUT2D eigenvalue weighted by Crippen LogP contribution is -2.33. The van der Waals surface area contributed by atoms with Crippen molar-refractivity contribution >= 4 is 6.09 Å². The largest absolute Gasteiger partial charge is 0.489 e. The van der Waals surface area contributed by atoms with Gasteiger partial charge in [-0.2, -0.15) is 13.2 Å². The summed E-state index contributed by atoms with van der Waals surface area (Å²) in [7, 11) is 0. The zero-order valence-corrected chi connectivity index (χ0v) is 13.5. The summed E-state index contributed by atoms with van der Waals surface area (Å²) in [5.74, 6) is -0.734. The van der Waals surface area contributed by atoms with Gasteiger partial charge in [-0.3, -0.25) is 0 Å². The quantitative estimate of drug-likeness (QED) is 0.798. The van der Waals surface area contributed by atoms with Crippen LogP contribution in [0.1, 0.15) is 26.3 Å². The fourth-order valence-electron chi connectivity index (χ4n) is 1.53. The van der Waals surface area contributed by atoms with E-state index in [1.54, 1.807) is 20.8 Å². The van der Waals surface area contributed by atoms with Crippen molar-refractivity contribution in [3.63, 3.8) is 0 Å². The molecule has 0 unspecified atom stereocenters. The van der Waals surface area contributed by atoms with E-state index < -0.39 is 35.8 Å². The van der Waals surface area contributed by atoms with Crippen LogP contribution in [0.3, 0.4) is 0 Å². The zero-order chi connectivity index (χ0) is 18.4. The molecule has 1 amide bonds. The van der Waals surface area contributed by atoms with Crippen LogP contribution in [0.25, 0.3) is 0 Å². The van der Waals surface area contributed by atoms with Crippen LogP contribution in [-0.2, 0) is 10.9 Å². The minimum absolute atomic E-state index is 0.0334. The third kappa shape index (κ3) is 7.85. The molecule has 0 spiro atoms. The Morgan fingerprint density at radius 3 is 2.50 bits per heavy atom. The molecule has 0 aromatic heterocycles. The van der Waals surface area contributed by atoms with Crippen molar-refractivity contribution in [2.45, 2.75) is 32.5 Å². The molecule has 8 heteroatoms. The SMILES string of the molecule is CC(C)(C)OC(=O)NC/C(F)=C\COc1cccc(C(F)(F)F)c1.